The molecule has 0 aliphatic heterocycles. The van der Waals surface area contributed by atoms with Crippen LogP contribution in [0.2, 0.25) is 0 Å². The van der Waals surface area contributed by atoms with Crippen molar-refractivity contribution in [3.05, 3.63) is 65.9 Å². The number of rotatable bonds is 9. The summed E-state index contributed by atoms with van der Waals surface area (Å²) in [4.78, 5) is 9.56. The monoisotopic (exact) mass is 404 g/mol. The zero-order valence-corrected chi connectivity index (χ0v) is 17.5. The van der Waals surface area contributed by atoms with Crippen LogP contribution in [0.25, 0.3) is 11.3 Å². The highest BCUT2D eigenvalue weighted by Gasteiger charge is 2.15. The molecule has 0 aliphatic rings. The summed E-state index contributed by atoms with van der Waals surface area (Å²) in [5, 5.41) is 12.4. The van der Waals surface area contributed by atoms with Gasteiger partial charge in [-0.1, -0.05) is 32.0 Å². The molecule has 3 N–H and O–H groups in total. The lowest BCUT2D eigenvalue weighted by atomic mass is 10.1. The molecule has 4 rings (SSSR count). The maximum Gasteiger partial charge on any atom is 0.227 e. The Labute approximate surface area is 176 Å². The molecule has 0 radical (unpaired) electrons. The molecule has 1 aromatic carbocycles. The topological polar surface area (TPSA) is 99.0 Å². The number of hydrogen-bond donors (Lipinski definition) is 2. The zero-order chi connectivity index (χ0) is 20.9. The second-order valence-electron chi connectivity index (χ2n) is 7.63. The first-order chi connectivity index (χ1) is 14.7. The quantitative estimate of drug-likeness (QED) is 0.415. The third-order valence-electron chi connectivity index (χ3n) is 5.10. The highest BCUT2D eigenvalue weighted by molar-refractivity contribution is 5.53. The minimum atomic E-state index is 0.336. The van der Waals surface area contributed by atoms with Crippen LogP contribution in [0.3, 0.4) is 0 Å². The fraction of sp³-hybridized carbons (Fsp3) is 0.364. The van der Waals surface area contributed by atoms with E-state index in [4.69, 9.17) is 15.7 Å². The molecule has 8 nitrogen and oxygen atoms in total. The first-order valence-electron chi connectivity index (χ1n) is 10.4. The van der Waals surface area contributed by atoms with Gasteiger partial charge in [0.1, 0.15) is 5.82 Å². The summed E-state index contributed by atoms with van der Waals surface area (Å²) in [5.41, 5.74) is 9.79. The highest BCUT2D eigenvalue weighted by Crippen LogP contribution is 2.22. The van der Waals surface area contributed by atoms with Crippen molar-refractivity contribution in [2.75, 3.05) is 11.9 Å². The number of hydrogen-bond acceptors (Lipinski definition) is 6. The molecule has 0 aliphatic carbocycles. The van der Waals surface area contributed by atoms with Crippen molar-refractivity contribution in [3.8, 4) is 5.69 Å². The number of fused-ring (bicyclic) bond motifs is 1. The lowest BCUT2D eigenvalue weighted by Gasteiger charge is -2.13. The molecule has 3 heterocycles. The van der Waals surface area contributed by atoms with E-state index < -0.39 is 0 Å². The van der Waals surface area contributed by atoms with Gasteiger partial charge in [0.15, 0.2) is 5.65 Å². The van der Waals surface area contributed by atoms with Gasteiger partial charge in [0.25, 0.3) is 0 Å². The van der Waals surface area contributed by atoms with Gasteiger partial charge in [0.05, 0.1) is 11.9 Å². The van der Waals surface area contributed by atoms with Crippen LogP contribution >= 0.6 is 0 Å². The van der Waals surface area contributed by atoms with E-state index in [2.05, 4.69) is 41.5 Å². The maximum absolute atomic E-state index is 5.65. The Morgan fingerprint density at radius 3 is 2.70 bits per heavy atom. The van der Waals surface area contributed by atoms with E-state index in [9.17, 15) is 0 Å². The molecule has 0 spiro atoms. The Morgan fingerprint density at radius 1 is 1.07 bits per heavy atom. The lowest BCUT2D eigenvalue weighted by Crippen LogP contribution is -2.13. The van der Waals surface area contributed by atoms with Crippen LogP contribution in [0.1, 0.15) is 49.6 Å². The predicted molar refractivity (Wildman–Crippen MR) is 118 cm³/mol. The smallest absolute Gasteiger partial charge is 0.227 e. The van der Waals surface area contributed by atoms with Crippen molar-refractivity contribution in [2.45, 2.75) is 45.6 Å². The van der Waals surface area contributed by atoms with E-state index in [1.54, 1.807) is 10.7 Å². The van der Waals surface area contributed by atoms with Gasteiger partial charge in [-0.3, -0.25) is 0 Å². The van der Waals surface area contributed by atoms with Gasteiger partial charge >= 0.3 is 0 Å². The van der Waals surface area contributed by atoms with E-state index in [1.807, 2.05) is 35.3 Å². The number of unbranched alkanes of at least 4 members (excludes halogenated alkanes) is 1. The summed E-state index contributed by atoms with van der Waals surface area (Å²) in [5.74, 6) is 1.86. The van der Waals surface area contributed by atoms with Crippen molar-refractivity contribution in [1.82, 2.24) is 29.4 Å². The SMILES string of the molecule is CC(C)c1cnn2c(NCc3ccccc3-n3cccn3)nc(CCCCN)nc12. The Hall–Kier alpha value is -3.26. The molecular weight excluding hydrogens is 376 g/mol. The molecule has 0 atom stereocenters. The summed E-state index contributed by atoms with van der Waals surface area (Å²) in [6.45, 7) is 5.59. The van der Waals surface area contributed by atoms with Crippen LogP contribution in [0, 0.1) is 0 Å². The van der Waals surface area contributed by atoms with Crippen molar-refractivity contribution in [1.29, 1.82) is 0 Å². The van der Waals surface area contributed by atoms with Crippen LogP contribution in [0.5, 0.6) is 0 Å². The number of nitrogens with zero attached hydrogens (tertiary/aromatic N) is 6. The van der Waals surface area contributed by atoms with E-state index in [-0.39, 0.29) is 0 Å². The molecule has 0 bridgehead atoms. The first-order valence-corrected chi connectivity index (χ1v) is 10.4. The van der Waals surface area contributed by atoms with E-state index in [0.717, 1.165) is 47.5 Å². The first kappa shape index (κ1) is 20.0. The predicted octanol–water partition coefficient (Wildman–Crippen LogP) is 3.33. The van der Waals surface area contributed by atoms with E-state index >= 15 is 0 Å². The number of nitrogens with two attached hydrogens (primary N) is 1. The van der Waals surface area contributed by atoms with E-state index in [1.165, 1.54) is 0 Å². The van der Waals surface area contributed by atoms with Gasteiger partial charge in [-0.05, 0) is 43.0 Å². The van der Waals surface area contributed by atoms with Gasteiger partial charge in [0.2, 0.25) is 5.95 Å². The van der Waals surface area contributed by atoms with Gasteiger partial charge in [-0.15, -0.1) is 0 Å². The molecule has 30 heavy (non-hydrogen) atoms. The average Bonchev–Trinajstić information content (AvgIpc) is 3.42. The largest absolute Gasteiger partial charge is 0.350 e. The minimum absolute atomic E-state index is 0.336. The molecule has 0 unspecified atom stereocenters. The Balaban J connectivity index is 1.65. The number of benzene rings is 1. The number of nitrogens with one attached hydrogen (secondary N) is 1. The summed E-state index contributed by atoms with van der Waals surface area (Å²) in [6, 6.07) is 10.1. The Bertz CT molecular complexity index is 1100. The molecule has 0 fully saturated rings. The summed E-state index contributed by atoms with van der Waals surface area (Å²) in [6.07, 6.45) is 8.35. The van der Waals surface area contributed by atoms with Crippen molar-refractivity contribution in [3.63, 3.8) is 0 Å². The summed E-state index contributed by atoms with van der Waals surface area (Å²) in [7, 11) is 0. The third kappa shape index (κ3) is 4.18. The average molecular weight is 405 g/mol. The van der Waals surface area contributed by atoms with Crippen LogP contribution in [-0.4, -0.2) is 35.9 Å². The second-order valence-corrected chi connectivity index (χ2v) is 7.63. The zero-order valence-electron chi connectivity index (χ0n) is 17.5. The molecule has 0 saturated heterocycles. The molecule has 4 aromatic rings. The summed E-state index contributed by atoms with van der Waals surface area (Å²) >= 11 is 0. The molecule has 156 valence electrons. The Morgan fingerprint density at radius 2 is 1.93 bits per heavy atom. The normalized spacial score (nSPS) is 11.5. The van der Waals surface area contributed by atoms with Gasteiger partial charge < -0.3 is 11.1 Å². The number of aryl methyl sites for hydroxylation is 1. The number of para-hydroxylation sites is 1. The maximum atomic E-state index is 5.65. The van der Waals surface area contributed by atoms with Crippen molar-refractivity contribution in [2.24, 2.45) is 5.73 Å². The van der Waals surface area contributed by atoms with Gasteiger partial charge in [0, 0.05) is 30.9 Å². The van der Waals surface area contributed by atoms with Crippen molar-refractivity contribution >= 4 is 11.6 Å². The minimum Gasteiger partial charge on any atom is -0.350 e. The fourth-order valence-corrected chi connectivity index (χ4v) is 3.47. The van der Waals surface area contributed by atoms with Crippen LogP contribution in [-0.2, 0) is 13.0 Å². The van der Waals surface area contributed by atoms with Crippen LogP contribution < -0.4 is 11.1 Å². The van der Waals surface area contributed by atoms with Crippen molar-refractivity contribution < 1.29 is 0 Å². The van der Waals surface area contributed by atoms with Crippen LogP contribution in [0.4, 0.5) is 5.95 Å². The highest BCUT2D eigenvalue weighted by atomic mass is 15.3. The second kappa shape index (κ2) is 9.04. The molecule has 3 aromatic heterocycles. The van der Waals surface area contributed by atoms with Gasteiger partial charge in [-0.25, -0.2) is 9.67 Å². The Kier molecular flexibility index (Phi) is 6.04. The van der Waals surface area contributed by atoms with Crippen LogP contribution in [0.15, 0.2) is 48.9 Å². The molecule has 0 saturated carbocycles. The standard InChI is InChI=1S/C22H28N8/c1-16(2)18-15-26-30-21(18)27-20(10-5-6-11-23)28-22(30)24-14-17-8-3-4-9-19(17)29-13-7-12-25-29/h3-4,7-9,12-13,15-16H,5-6,10-11,14,23H2,1-2H3,(H,24,27,28). The van der Waals surface area contributed by atoms with E-state index in [0.29, 0.717) is 25.0 Å². The van der Waals surface area contributed by atoms with Gasteiger partial charge in [-0.2, -0.15) is 19.7 Å². The number of anilines is 1. The lowest BCUT2D eigenvalue weighted by molar-refractivity contribution is 0.708. The third-order valence-corrected chi connectivity index (χ3v) is 5.10. The molecule has 8 heteroatoms. The fourth-order valence-electron chi connectivity index (χ4n) is 3.47. The number of aromatic nitrogens is 6. The summed E-state index contributed by atoms with van der Waals surface area (Å²) < 4.78 is 3.67. The molecule has 0 amide bonds. The molecular formula is C22H28N8.